The van der Waals surface area contributed by atoms with Gasteiger partial charge in [0.05, 0.1) is 6.04 Å². The predicted octanol–water partition coefficient (Wildman–Crippen LogP) is 1.79. The van der Waals surface area contributed by atoms with E-state index in [1.807, 2.05) is 23.9 Å². The summed E-state index contributed by atoms with van der Waals surface area (Å²) in [5.41, 5.74) is 0. The van der Waals surface area contributed by atoms with Crippen LogP contribution in [0.25, 0.3) is 0 Å². The molecular formula is C21H31N3O4S. The lowest BCUT2D eigenvalue weighted by atomic mass is 10.1. The number of para-hydroxylation sites is 1. The Hall–Kier alpha value is -1.64. The van der Waals surface area contributed by atoms with Crippen molar-refractivity contribution in [2.45, 2.75) is 49.1 Å². The second-order valence-electron chi connectivity index (χ2n) is 8.70. The SMILES string of the molecule is CN(C)CCN1[C@H]2CCN(C(=O)CC3CC3)CC[C@@H]2Oc2ccccc2S1(=O)=O. The standard InChI is InChI=1S/C21H31N3O4S/c1-22(2)13-14-24-17-9-11-23(21(25)15-16-7-8-16)12-10-18(17)28-19-5-3-4-6-20(19)29(24,26)27/h3-6,16-18H,7-15H2,1-2H3/t17-,18-/m0/s1. The smallest absolute Gasteiger partial charge is 0.247 e. The molecule has 0 bridgehead atoms. The molecule has 1 aliphatic carbocycles. The summed E-state index contributed by atoms with van der Waals surface area (Å²) in [5.74, 6) is 1.18. The largest absolute Gasteiger partial charge is 0.487 e. The summed E-state index contributed by atoms with van der Waals surface area (Å²) >= 11 is 0. The number of hydrogen-bond donors (Lipinski definition) is 0. The molecule has 2 heterocycles. The molecule has 0 unspecified atom stereocenters. The summed E-state index contributed by atoms with van der Waals surface area (Å²) < 4.78 is 34.9. The maximum Gasteiger partial charge on any atom is 0.247 e. The zero-order chi connectivity index (χ0) is 20.6. The molecule has 3 aliphatic rings. The van der Waals surface area contributed by atoms with Crippen molar-refractivity contribution < 1.29 is 17.9 Å². The van der Waals surface area contributed by atoms with E-state index in [1.54, 1.807) is 28.6 Å². The van der Waals surface area contributed by atoms with Gasteiger partial charge in [0.15, 0.2) is 0 Å². The van der Waals surface area contributed by atoms with Crippen molar-refractivity contribution >= 4 is 15.9 Å². The van der Waals surface area contributed by atoms with Gasteiger partial charge >= 0.3 is 0 Å². The summed E-state index contributed by atoms with van der Waals surface area (Å²) in [6.07, 6.45) is 3.92. The summed E-state index contributed by atoms with van der Waals surface area (Å²) in [7, 11) is 0.214. The van der Waals surface area contributed by atoms with E-state index in [0.717, 1.165) is 12.8 Å². The fourth-order valence-corrected chi connectivity index (χ4v) is 6.08. The third kappa shape index (κ3) is 4.44. The van der Waals surface area contributed by atoms with Crippen LogP contribution in [0, 0.1) is 5.92 Å². The second kappa shape index (κ2) is 8.24. The number of fused-ring (bicyclic) bond motifs is 2. The minimum absolute atomic E-state index is 0.201. The third-order valence-corrected chi connectivity index (χ3v) is 8.14. The van der Waals surface area contributed by atoms with Gasteiger partial charge in [-0.2, -0.15) is 4.31 Å². The van der Waals surface area contributed by atoms with E-state index < -0.39 is 10.0 Å². The summed E-state index contributed by atoms with van der Waals surface area (Å²) in [4.78, 5) is 16.8. The predicted molar refractivity (Wildman–Crippen MR) is 110 cm³/mol. The van der Waals surface area contributed by atoms with E-state index in [0.29, 0.717) is 57.1 Å². The number of likely N-dealkylation sites (N-methyl/N-ethyl adjacent to an activating group) is 1. The number of benzene rings is 1. The van der Waals surface area contributed by atoms with Gasteiger partial charge in [-0.15, -0.1) is 0 Å². The Morgan fingerprint density at radius 2 is 1.86 bits per heavy atom. The number of carbonyl (C=O) groups excluding carboxylic acids is 1. The summed E-state index contributed by atoms with van der Waals surface area (Å²) in [5, 5.41) is 0. The molecule has 0 radical (unpaired) electrons. The number of sulfonamides is 1. The molecule has 7 nitrogen and oxygen atoms in total. The average Bonchev–Trinajstić information content (AvgIpc) is 3.50. The van der Waals surface area contributed by atoms with Crippen molar-refractivity contribution in [3.05, 3.63) is 24.3 Å². The van der Waals surface area contributed by atoms with Crippen molar-refractivity contribution in [1.29, 1.82) is 0 Å². The van der Waals surface area contributed by atoms with Crippen LogP contribution in [0.3, 0.4) is 0 Å². The Bertz CT molecular complexity index is 853. The van der Waals surface area contributed by atoms with Crippen LogP contribution in [-0.4, -0.2) is 80.9 Å². The molecule has 2 atom stereocenters. The Morgan fingerprint density at radius 1 is 1.14 bits per heavy atom. The Labute approximate surface area is 173 Å². The first kappa shape index (κ1) is 20.6. The number of hydrogen-bond acceptors (Lipinski definition) is 5. The van der Waals surface area contributed by atoms with E-state index in [4.69, 9.17) is 4.74 Å². The second-order valence-corrected chi connectivity index (χ2v) is 10.6. The zero-order valence-electron chi connectivity index (χ0n) is 17.3. The van der Waals surface area contributed by atoms with Gasteiger partial charge in [-0.1, -0.05) is 12.1 Å². The highest BCUT2D eigenvalue weighted by Gasteiger charge is 2.43. The van der Waals surface area contributed by atoms with Crippen LogP contribution in [0.1, 0.15) is 32.1 Å². The average molecular weight is 422 g/mol. The maximum absolute atomic E-state index is 13.5. The lowest BCUT2D eigenvalue weighted by Gasteiger charge is -2.32. The van der Waals surface area contributed by atoms with Crippen molar-refractivity contribution in [3.8, 4) is 5.75 Å². The Kier molecular flexibility index (Phi) is 5.86. The highest BCUT2D eigenvalue weighted by atomic mass is 32.2. The van der Waals surface area contributed by atoms with Crippen LogP contribution in [0.2, 0.25) is 0 Å². The molecule has 8 heteroatoms. The number of nitrogens with zero attached hydrogens (tertiary/aromatic N) is 3. The Morgan fingerprint density at radius 3 is 2.59 bits per heavy atom. The van der Waals surface area contributed by atoms with Crippen LogP contribution >= 0.6 is 0 Å². The van der Waals surface area contributed by atoms with Crippen LogP contribution in [-0.2, 0) is 14.8 Å². The van der Waals surface area contributed by atoms with Crippen LogP contribution < -0.4 is 4.74 Å². The molecule has 1 amide bonds. The number of ether oxygens (including phenoxy) is 1. The van der Waals surface area contributed by atoms with Gasteiger partial charge in [0.2, 0.25) is 15.9 Å². The fraction of sp³-hybridized carbons (Fsp3) is 0.667. The van der Waals surface area contributed by atoms with Crippen LogP contribution in [0.4, 0.5) is 0 Å². The number of likely N-dealkylation sites (tertiary alicyclic amines) is 1. The zero-order valence-corrected chi connectivity index (χ0v) is 18.1. The highest BCUT2D eigenvalue weighted by molar-refractivity contribution is 7.89. The molecule has 160 valence electrons. The van der Waals surface area contributed by atoms with Gasteiger partial charge in [0.25, 0.3) is 0 Å². The molecule has 2 aliphatic heterocycles. The van der Waals surface area contributed by atoms with Gasteiger partial charge < -0.3 is 14.5 Å². The number of amides is 1. The molecule has 1 saturated heterocycles. The van der Waals surface area contributed by atoms with Gasteiger partial charge in [-0.3, -0.25) is 4.79 Å². The maximum atomic E-state index is 13.5. The molecule has 0 spiro atoms. The quantitative estimate of drug-likeness (QED) is 0.725. The molecule has 2 fully saturated rings. The van der Waals surface area contributed by atoms with E-state index in [9.17, 15) is 13.2 Å². The molecule has 29 heavy (non-hydrogen) atoms. The number of carbonyl (C=O) groups is 1. The lowest BCUT2D eigenvalue weighted by Crippen LogP contribution is -2.49. The van der Waals surface area contributed by atoms with Crippen LogP contribution in [0.15, 0.2) is 29.2 Å². The molecule has 0 aromatic heterocycles. The van der Waals surface area contributed by atoms with Gasteiger partial charge in [-0.25, -0.2) is 8.42 Å². The van der Waals surface area contributed by atoms with Crippen LogP contribution in [0.5, 0.6) is 5.75 Å². The fourth-order valence-electron chi connectivity index (χ4n) is 4.29. The van der Waals surface area contributed by atoms with Gasteiger partial charge in [0, 0.05) is 39.0 Å². The third-order valence-electron chi connectivity index (χ3n) is 6.17. The monoisotopic (exact) mass is 421 g/mol. The van der Waals surface area contributed by atoms with Crippen molar-refractivity contribution in [3.63, 3.8) is 0 Å². The van der Waals surface area contributed by atoms with Gasteiger partial charge in [0.1, 0.15) is 16.7 Å². The highest BCUT2D eigenvalue weighted by Crippen LogP contribution is 2.37. The molecular weight excluding hydrogens is 390 g/mol. The molecule has 4 rings (SSSR count). The van der Waals surface area contributed by atoms with E-state index in [1.165, 1.54) is 0 Å². The van der Waals surface area contributed by atoms with Gasteiger partial charge in [-0.05, 0) is 51.4 Å². The summed E-state index contributed by atoms with van der Waals surface area (Å²) in [6.45, 7) is 2.25. The first-order valence-electron chi connectivity index (χ1n) is 10.6. The lowest BCUT2D eigenvalue weighted by molar-refractivity contribution is -0.131. The minimum atomic E-state index is -3.67. The summed E-state index contributed by atoms with van der Waals surface area (Å²) in [6, 6.07) is 6.64. The first-order chi connectivity index (χ1) is 13.9. The molecule has 0 N–H and O–H groups in total. The molecule has 1 saturated carbocycles. The van der Waals surface area contributed by atoms with E-state index in [-0.39, 0.29) is 22.9 Å². The van der Waals surface area contributed by atoms with E-state index >= 15 is 0 Å². The molecule has 1 aromatic carbocycles. The van der Waals surface area contributed by atoms with Crippen molar-refractivity contribution in [2.24, 2.45) is 5.92 Å². The topological polar surface area (TPSA) is 70.2 Å². The first-order valence-corrected chi connectivity index (χ1v) is 12.0. The molecule has 1 aromatic rings. The van der Waals surface area contributed by atoms with Crippen molar-refractivity contribution in [2.75, 3.05) is 40.3 Å². The Balaban J connectivity index is 1.62. The van der Waals surface area contributed by atoms with E-state index in [2.05, 4.69) is 0 Å². The van der Waals surface area contributed by atoms with Crippen molar-refractivity contribution in [1.82, 2.24) is 14.1 Å². The number of rotatable bonds is 5. The minimum Gasteiger partial charge on any atom is -0.487 e. The normalized spacial score (nSPS) is 26.8.